The van der Waals surface area contributed by atoms with Gasteiger partial charge in [0.15, 0.2) is 0 Å². The van der Waals surface area contributed by atoms with Gasteiger partial charge in [-0.1, -0.05) is 103 Å². The van der Waals surface area contributed by atoms with Gasteiger partial charge in [-0.3, -0.25) is 0 Å². The second-order valence-corrected chi connectivity index (χ2v) is 20.6. The summed E-state index contributed by atoms with van der Waals surface area (Å²) in [6.07, 6.45) is 11.8. The topological polar surface area (TPSA) is 0 Å². The third kappa shape index (κ3) is 28.6. The molecule has 0 amide bonds. The summed E-state index contributed by atoms with van der Waals surface area (Å²) in [5.41, 5.74) is 6.16. The van der Waals surface area contributed by atoms with E-state index in [0.717, 1.165) is 34.8 Å². The number of benzene rings is 6. The predicted octanol–water partition coefficient (Wildman–Crippen LogP) is 20.9. The van der Waals surface area contributed by atoms with E-state index in [2.05, 4.69) is 27.7 Å². The third-order valence-corrected chi connectivity index (χ3v) is 13.0. The number of rotatable bonds is 0. The van der Waals surface area contributed by atoms with Crippen LogP contribution in [0.15, 0.2) is 84.9 Å². The van der Waals surface area contributed by atoms with E-state index in [1.165, 1.54) is 140 Å². The molecule has 411 valence electrons. The van der Waals surface area contributed by atoms with Crippen molar-refractivity contribution in [2.45, 2.75) is 162 Å². The van der Waals surface area contributed by atoms with Crippen molar-refractivity contribution in [1.82, 2.24) is 0 Å². The van der Waals surface area contributed by atoms with Gasteiger partial charge in [0.2, 0.25) is 0 Å². The van der Waals surface area contributed by atoms with Crippen molar-refractivity contribution in [3.8, 4) is 0 Å². The molecule has 11 heteroatoms. The van der Waals surface area contributed by atoms with Crippen LogP contribution in [0.1, 0.15) is 146 Å². The molecule has 2 aliphatic carbocycles. The molecule has 75 heavy (non-hydrogen) atoms. The van der Waals surface area contributed by atoms with E-state index in [-0.39, 0.29) is 66.6 Å². The Hall–Kier alpha value is -4.28. The molecule has 0 aliphatic heterocycles. The smallest absolute Gasteiger partial charge is 0.129 e. The van der Waals surface area contributed by atoms with Gasteiger partial charge < -0.3 is 0 Å². The SMILES string of the molecule is CC1CCC(C)CC1.CC1CCC(C)CC1.Cc1cc(F)c(C)c(F)c1.Cc1cc(F)c(C)c(F)c1.Cc1cc(F)c(C)c(F)c1.Cc1cc(F)c(C)c(F)c1.Cc1ccc(C)c(F)c1.Cc1ccc(C)c(F)c1.[Y]. The fraction of sp³-hybridized carbons (Fsp3) is 0.438. The van der Waals surface area contributed by atoms with Crippen LogP contribution in [0.2, 0.25) is 0 Å². The van der Waals surface area contributed by atoms with Crippen molar-refractivity contribution >= 4 is 0 Å². The van der Waals surface area contributed by atoms with Crippen LogP contribution < -0.4 is 0 Å². The Morgan fingerprint density at radius 2 is 0.387 bits per heavy atom. The summed E-state index contributed by atoms with van der Waals surface area (Å²) < 4.78 is 126. The Labute approximate surface area is 469 Å². The van der Waals surface area contributed by atoms with Crippen LogP contribution in [0, 0.1) is 165 Å². The maximum atomic E-state index is 12.6. The number of halogens is 10. The third-order valence-electron chi connectivity index (χ3n) is 13.0. The van der Waals surface area contributed by atoms with E-state index in [0.29, 0.717) is 33.4 Å². The fourth-order valence-electron chi connectivity index (χ4n) is 7.34. The second-order valence-electron chi connectivity index (χ2n) is 20.6. The molecular formula is C64H82F10Y. The van der Waals surface area contributed by atoms with Gasteiger partial charge in [-0.05, 0) is 212 Å². The van der Waals surface area contributed by atoms with Gasteiger partial charge in [0.05, 0.1) is 0 Å². The van der Waals surface area contributed by atoms with Crippen molar-refractivity contribution in [2.24, 2.45) is 23.7 Å². The first-order chi connectivity index (χ1) is 34.4. The van der Waals surface area contributed by atoms with E-state index in [1.54, 1.807) is 53.7 Å². The van der Waals surface area contributed by atoms with Gasteiger partial charge in [-0.15, -0.1) is 0 Å². The van der Waals surface area contributed by atoms with Gasteiger partial charge in [0, 0.05) is 55.0 Å². The quantitative estimate of drug-likeness (QED) is 0.133. The molecule has 0 nitrogen and oxygen atoms in total. The zero-order valence-corrected chi connectivity index (χ0v) is 50.2. The fourth-order valence-corrected chi connectivity index (χ4v) is 7.34. The van der Waals surface area contributed by atoms with Crippen LogP contribution in [-0.2, 0) is 32.7 Å². The molecule has 6 aromatic carbocycles. The standard InChI is InChI=1S/4C8H8F2.2C8H9F.2C8H16.Y/c4*1-5-3-7(9)6(2)8(10)4-5;2*1-6-3-4-7(2)8(9)5-6;2*1-7-3-5-8(2)6-4-7;/h4*3-4H,1-2H3;2*3-5H,1-2H3;2*7-8H,3-6H2,1-2H3;. The van der Waals surface area contributed by atoms with E-state index in [4.69, 9.17) is 0 Å². The minimum absolute atomic E-state index is 0. The van der Waals surface area contributed by atoms with Crippen LogP contribution in [-0.4, -0.2) is 0 Å². The Morgan fingerprint density at radius 1 is 0.240 bits per heavy atom. The molecule has 8 rings (SSSR count). The van der Waals surface area contributed by atoms with Crippen molar-refractivity contribution in [2.75, 3.05) is 0 Å². The molecular weight excluding hydrogens is 1050 g/mol. The number of aryl methyl sites for hydroxylation is 8. The maximum absolute atomic E-state index is 12.6. The van der Waals surface area contributed by atoms with E-state index >= 15 is 0 Å². The zero-order chi connectivity index (χ0) is 56.6. The average molecular weight is 1130 g/mol. The largest absolute Gasteiger partial charge is 0.207 e. The van der Waals surface area contributed by atoms with Crippen LogP contribution >= 0.6 is 0 Å². The van der Waals surface area contributed by atoms with Gasteiger partial charge >= 0.3 is 0 Å². The summed E-state index contributed by atoms with van der Waals surface area (Å²) in [6, 6.07) is 21.0. The summed E-state index contributed by atoms with van der Waals surface area (Å²) in [5, 5.41) is 0. The van der Waals surface area contributed by atoms with E-state index < -0.39 is 46.5 Å². The van der Waals surface area contributed by atoms with Crippen molar-refractivity contribution in [3.63, 3.8) is 0 Å². The molecule has 0 atom stereocenters. The first-order valence-corrected chi connectivity index (χ1v) is 25.6. The van der Waals surface area contributed by atoms with E-state index in [1.807, 2.05) is 26.0 Å². The number of hydrogen-bond acceptors (Lipinski definition) is 0. The van der Waals surface area contributed by atoms with Crippen molar-refractivity contribution in [3.05, 3.63) is 210 Å². The molecule has 0 aromatic heterocycles. The molecule has 2 saturated carbocycles. The molecule has 2 fully saturated rings. The minimum atomic E-state index is -0.475. The number of hydrogen-bond donors (Lipinski definition) is 0. The predicted molar refractivity (Wildman–Crippen MR) is 289 cm³/mol. The molecule has 0 spiro atoms. The van der Waals surface area contributed by atoms with Gasteiger partial charge in [-0.25, -0.2) is 43.9 Å². The minimum Gasteiger partial charge on any atom is -0.207 e. The normalized spacial score (nSPS) is 16.1. The molecule has 1 radical (unpaired) electrons. The molecule has 2 aliphatic rings. The van der Waals surface area contributed by atoms with Crippen LogP contribution in [0.25, 0.3) is 0 Å². The zero-order valence-electron chi connectivity index (χ0n) is 47.4. The van der Waals surface area contributed by atoms with Gasteiger partial charge in [0.1, 0.15) is 58.2 Å². The van der Waals surface area contributed by atoms with Crippen LogP contribution in [0.3, 0.4) is 0 Å². The van der Waals surface area contributed by atoms with Crippen LogP contribution in [0.4, 0.5) is 43.9 Å². The van der Waals surface area contributed by atoms with Gasteiger partial charge in [0.25, 0.3) is 0 Å². The summed E-state index contributed by atoms with van der Waals surface area (Å²) >= 11 is 0. The van der Waals surface area contributed by atoms with Crippen LogP contribution in [0.5, 0.6) is 0 Å². The second kappa shape index (κ2) is 35.9. The first kappa shape index (κ1) is 70.7. The summed E-state index contributed by atoms with van der Waals surface area (Å²) in [5.74, 6) is 0.0507. The molecule has 0 saturated heterocycles. The maximum Gasteiger partial charge on any atom is 0.129 e. The summed E-state index contributed by atoms with van der Waals surface area (Å²) in [4.78, 5) is 0. The molecule has 0 heterocycles. The first-order valence-electron chi connectivity index (χ1n) is 25.6. The van der Waals surface area contributed by atoms with Gasteiger partial charge in [-0.2, -0.15) is 0 Å². The monoisotopic (exact) mass is 1130 g/mol. The molecule has 0 N–H and O–H groups in total. The van der Waals surface area contributed by atoms with Crippen molar-refractivity contribution < 1.29 is 76.6 Å². The summed E-state index contributed by atoms with van der Waals surface area (Å²) in [7, 11) is 0. The Kier molecular flexibility index (Phi) is 33.9. The average Bonchev–Trinajstić information content (AvgIpc) is 3.31. The Bertz CT molecular complexity index is 2220. The Balaban J connectivity index is 0.000000834. The van der Waals surface area contributed by atoms with Crippen molar-refractivity contribution in [1.29, 1.82) is 0 Å². The molecule has 0 bridgehead atoms. The summed E-state index contributed by atoms with van der Waals surface area (Å²) in [6.45, 7) is 29.1. The van der Waals surface area contributed by atoms with E-state index in [9.17, 15) is 43.9 Å². The molecule has 0 unspecified atom stereocenters. The Morgan fingerprint density at radius 3 is 0.520 bits per heavy atom. The molecule has 6 aromatic rings.